The van der Waals surface area contributed by atoms with Crippen LogP contribution in [0.15, 0.2) is 18.2 Å². The molecule has 1 rings (SSSR count). The molecule has 8 heteroatoms. The first-order chi connectivity index (χ1) is 8.82. The summed E-state index contributed by atoms with van der Waals surface area (Å²) in [6.45, 7) is -1.75. The Morgan fingerprint density at radius 2 is 2.16 bits per heavy atom. The number of nitrogens with zero attached hydrogens (tertiary/aromatic N) is 1. The molecule has 0 radical (unpaired) electrons. The van der Waals surface area contributed by atoms with E-state index in [4.69, 9.17) is 5.11 Å². The average molecular weight is 273 g/mol. The fraction of sp³-hybridized carbons (Fsp3) is 0.182. The van der Waals surface area contributed by atoms with Gasteiger partial charge in [-0.15, -0.1) is 0 Å². The summed E-state index contributed by atoms with van der Waals surface area (Å²) in [5.41, 5.74) is -0.595. The van der Waals surface area contributed by atoms with E-state index in [-0.39, 0.29) is 11.1 Å². The van der Waals surface area contributed by atoms with Crippen molar-refractivity contribution in [1.29, 1.82) is 0 Å². The van der Waals surface area contributed by atoms with Crippen molar-refractivity contribution in [1.82, 2.24) is 0 Å². The first-order valence-electron chi connectivity index (χ1n) is 4.96. The molecule has 0 aliphatic rings. The van der Waals surface area contributed by atoms with Crippen molar-refractivity contribution >= 4 is 17.7 Å². The maximum absolute atomic E-state index is 12.3. The Labute approximate surface area is 106 Å². The van der Waals surface area contributed by atoms with Gasteiger partial charge in [0.2, 0.25) is 0 Å². The lowest BCUT2D eigenvalue weighted by Gasteiger charge is -2.11. The lowest BCUT2D eigenvalue weighted by Crippen LogP contribution is -2.06. The summed E-state index contributed by atoms with van der Waals surface area (Å²) in [5.74, 6) is -1.78. The van der Waals surface area contributed by atoms with E-state index in [1.54, 1.807) is 0 Å². The summed E-state index contributed by atoms with van der Waals surface area (Å²) >= 11 is 0. The topological polar surface area (TPSA) is 89.7 Å². The van der Waals surface area contributed by atoms with Crippen LogP contribution in [0.4, 0.5) is 14.5 Å². The predicted octanol–water partition coefficient (Wildman–Crippen LogP) is 2.60. The number of aryl methyl sites for hydroxylation is 1. The number of nitro benzene ring substituents is 1. The lowest BCUT2D eigenvalue weighted by atomic mass is 10.1. The highest BCUT2D eigenvalue weighted by atomic mass is 19.3. The second kappa shape index (κ2) is 5.89. The normalized spacial score (nSPS) is 10.9. The van der Waals surface area contributed by atoms with Gasteiger partial charge >= 0.3 is 12.6 Å². The van der Waals surface area contributed by atoms with Gasteiger partial charge in [0.05, 0.1) is 10.5 Å². The van der Waals surface area contributed by atoms with Crippen LogP contribution in [0.3, 0.4) is 0 Å². The minimum absolute atomic E-state index is 0.232. The zero-order valence-corrected chi connectivity index (χ0v) is 9.67. The largest absolute Gasteiger partial charge is 0.478 e. The Hall–Kier alpha value is -2.51. The molecule has 0 amide bonds. The van der Waals surface area contributed by atoms with Gasteiger partial charge in [0.15, 0.2) is 0 Å². The van der Waals surface area contributed by atoms with Crippen molar-refractivity contribution in [2.24, 2.45) is 0 Å². The fourth-order valence-electron chi connectivity index (χ4n) is 1.42. The highest BCUT2D eigenvalue weighted by Gasteiger charge is 2.21. The van der Waals surface area contributed by atoms with E-state index in [2.05, 4.69) is 4.74 Å². The van der Waals surface area contributed by atoms with Crippen molar-refractivity contribution in [3.05, 3.63) is 39.4 Å². The zero-order valence-electron chi connectivity index (χ0n) is 9.67. The number of carboxylic acids is 1. The summed E-state index contributed by atoms with van der Waals surface area (Å²) in [6.07, 6.45) is 1.46. The van der Waals surface area contributed by atoms with Crippen molar-refractivity contribution in [3.8, 4) is 5.75 Å². The van der Waals surface area contributed by atoms with Crippen LogP contribution in [0.2, 0.25) is 0 Å². The van der Waals surface area contributed by atoms with Crippen LogP contribution >= 0.6 is 0 Å². The Morgan fingerprint density at radius 3 is 2.63 bits per heavy atom. The van der Waals surface area contributed by atoms with E-state index >= 15 is 0 Å². The fourth-order valence-corrected chi connectivity index (χ4v) is 1.42. The predicted molar refractivity (Wildman–Crippen MR) is 61.1 cm³/mol. The maximum atomic E-state index is 12.3. The summed E-state index contributed by atoms with van der Waals surface area (Å²) in [4.78, 5) is 20.4. The second-order valence-electron chi connectivity index (χ2n) is 3.45. The number of carbonyl (C=O) groups is 1. The first kappa shape index (κ1) is 14.6. The van der Waals surface area contributed by atoms with Crippen molar-refractivity contribution in [2.75, 3.05) is 0 Å². The highest BCUT2D eigenvalue weighted by molar-refractivity contribution is 5.87. The number of ether oxygens (including phenoxy) is 1. The third-order valence-electron chi connectivity index (χ3n) is 2.17. The van der Waals surface area contributed by atoms with Crippen LogP contribution in [0.25, 0.3) is 6.08 Å². The second-order valence-corrected chi connectivity index (χ2v) is 3.45. The van der Waals surface area contributed by atoms with Gasteiger partial charge in [0.1, 0.15) is 5.75 Å². The third kappa shape index (κ3) is 3.73. The quantitative estimate of drug-likeness (QED) is 0.506. The third-order valence-corrected chi connectivity index (χ3v) is 2.17. The number of halogens is 2. The summed E-state index contributed by atoms with van der Waals surface area (Å²) in [7, 11) is 0. The maximum Gasteiger partial charge on any atom is 0.387 e. The molecule has 0 heterocycles. The van der Waals surface area contributed by atoms with E-state index < -0.39 is 28.9 Å². The van der Waals surface area contributed by atoms with Gasteiger partial charge in [-0.05, 0) is 24.6 Å². The molecule has 0 unspecified atom stereocenters. The molecular weight excluding hydrogens is 264 g/mol. The van der Waals surface area contributed by atoms with Crippen LogP contribution in [-0.4, -0.2) is 22.6 Å². The molecule has 0 spiro atoms. The van der Waals surface area contributed by atoms with Crippen LogP contribution in [0.5, 0.6) is 5.75 Å². The van der Waals surface area contributed by atoms with Gasteiger partial charge in [0, 0.05) is 12.1 Å². The number of rotatable bonds is 5. The van der Waals surface area contributed by atoms with E-state index in [1.165, 1.54) is 13.0 Å². The monoisotopic (exact) mass is 273 g/mol. The summed E-state index contributed by atoms with van der Waals surface area (Å²) < 4.78 is 28.8. The lowest BCUT2D eigenvalue weighted by molar-refractivity contribution is -0.385. The molecule has 0 saturated heterocycles. The first-order valence-corrected chi connectivity index (χ1v) is 4.96. The molecule has 0 aromatic heterocycles. The summed E-state index contributed by atoms with van der Waals surface area (Å²) in [5, 5.41) is 19.3. The molecular formula is C11H9F2NO5. The molecule has 0 atom stereocenters. The molecule has 102 valence electrons. The van der Waals surface area contributed by atoms with Crippen LogP contribution in [0.1, 0.15) is 11.1 Å². The average Bonchev–Trinajstić information content (AvgIpc) is 2.28. The van der Waals surface area contributed by atoms with E-state index in [1.807, 2.05) is 0 Å². The van der Waals surface area contributed by atoms with Gasteiger partial charge in [-0.25, -0.2) is 4.79 Å². The van der Waals surface area contributed by atoms with Crippen molar-refractivity contribution in [3.63, 3.8) is 0 Å². The number of alkyl halides is 2. The molecule has 0 aliphatic carbocycles. The number of hydrogen-bond donors (Lipinski definition) is 1. The van der Waals surface area contributed by atoms with E-state index in [0.29, 0.717) is 6.08 Å². The standard InChI is InChI=1S/C11H9F2NO5/c1-6-2-4-8(14(17)18)7(3-5-9(15)16)10(6)19-11(12)13/h2-5,11H,1H3,(H,15,16)/b5-3+. The van der Waals surface area contributed by atoms with Gasteiger partial charge in [-0.2, -0.15) is 8.78 Å². The molecule has 1 N–H and O–H groups in total. The zero-order chi connectivity index (χ0) is 14.6. The smallest absolute Gasteiger partial charge is 0.387 e. The van der Waals surface area contributed by atoms with Gasteiger partial charge in [-0.3, -0.25) is 10.1 Å². The van der Waals surface area contributed by atoms with Crippen molar-refractivity contribution < 1.29 is 28.3 Å². The molecule has 6 nitrogen and oxygen atoms in total. The minimum atomic E-state index is -3.17. The molecule has 1 aromatic rings. The number of nitro groups is 1. The Bertz CT molecular complexity index is 542. The highest BCUT2D eigenvalue weighted by Crippen LogP contribution is 2.34. The number of carboxylic acid groups (broad SMARTS) is 1. The molecule has 0 bridgehead atoms. The SMILES string of the molecule is Cc1ccc([N+](=O)[O-])c(/C=C/C(=O)O)c1OC(F)F. The molecule has 19 heavy (non-hydrogen) atoms. The van der Waals surface area contributed by atoms with E-state index in [0.717, 1.165) is 12.1 Å². The molecule has 1 aromatic carbocycles. The van der Waals surface area contributed by atoms with Gasteiger partial charge < -0.3 is 9.84 Å². The Kier molecular flexibility index (Phi) is 4.51. The van der Waals surface area contributed by atoms with Gasteiger partial charge in [0.25, 0.3) is 5.69 Å². The number of aliphatic carboxylic acids is 1. The molecule has 0 saturated carbocycles. The van der Waals surface area contributed by atoms with Crippen LogP contribution in [0, 0.1) is 17.0 Å². The van der Waals surface area contributed by atoms with Crippen LogP contribution in [-0.2, 0) is 4.79 Å². The van der Waals surface area contributed by atoms with Crippen molar-refractivity contribution in [2.45, 2.75) is 13.5 Å². The van der Waals surface area contributed by atoms with Crippen LogP contribution < -0.4 is 4.74 Å². The minimum Gasteiger partial charge on any atom is -0.478 e. The van der Waals surface area contributed by atoms with E-state index in [9.17, 15) is 23.7 Å². The molecule has 0 aliphatic heterocycles. The number of hydrogen-bond acceptors (Lipinski definition) is 4. The summed E-state index contributed by atoms with van der Waals surface area (Å²) in [6, 6.07) is 2.34. The molecule has 0 fully saturated rings. The Balaban J connectivity index is 3.44. The number of benzene rings is 1. The van der Waals surface area contributed by atoms with Gasteiger partial charge in [-0.1, -0.05) is 0 Å². The Morgan fingerprint density at radius 1 is 1.53 bits per heavy atom.